The summed E-state index contributed by atoms with van der Waals surface area (Å²) in [5.41, 5.74) is 0.315. The van der Waals surface area contributed by atoms with E-state index in [0.29, 0.717) is 18.7 Å². The Balaban J connectivity index is 2.87. The molecule has 1 atom stereocenters. The van der Waals surface area contributed by atoms with Crippen molar-refractivity contribution in [2.75, 3.05) is 19.0 Å². The van der Waals surface area contributed by atoms with Crippen molar-refractivity contribution in [3.8, 4) is 5.75 Å². The minimum Gasteiger partial charge on any atom is -0.490 e. The van der Waals surface area contributed by atoms with E-state index in [1.807, 2.05) is 0 Å². The number of ether oxygens (including phenoxy) is 1. The summed E-state index contributed by atoms with van der Waals surface area (Å²) in [7, 11) is 1.39. The Labute approximate surface area is 99.4 Å². The van der Waals surface area contributed by atoms with Gasteiger partial charge in [-0.05, 0) is 25.5 Å². The molecule has 0 aliphatic rings. The Hall–Kier alpha value is -1.82. The number of para-hydroxylation sites is 1. The van der Waals surface area contributed by atoms with Crippen LogP contribution in [0.4, 0.5) is 11.4 Å². The maximum absolute atomic E-state index is 10.9. The first kappa shape index (κ1) is 13.2. The van der Waals surface area contributed by atoms with E-state index < -0.39 is 11.0 Å². The standard InChI is InChI=1S/C11H16N2O4/c1-8(14)6-7-12-9-4-3-5-10(17-2)11(9)13(15)16/h3-5,8,12,14H,6-7H2,1-2H3. The van der Waals surface area contributed by atoms with Gasteiger partial charge in [0.15, 0.2) is 5.75 Å². The van der Waals surface area contributed by atoms with Crippen LogP contribution < -0.4 is 10.1 Å². The third kappa shape index (κ3) is 3.60. The topological polar surface area (TPSA) is 84.6 Å². The number of hydrogen-bond donors (Lipinski definition) is 2. The van der Waals surface area contributed by atoms with Gasteiger partial charge in [-0.15, -0.1) is 0 Å². The first-order valence-electron chi connectivity index (χ1n) is 5.29. The maximum atomic E-state index is 10.9. The molecule has 6 heteroatoms. The number of nitrogens with zero attached hydrogens (tertiary/aromatic N) is 1. The van der Waals surface area contributed by atoms with Crippen LogP contribution in [0.15, 0.2) is 18.2 Å². The molecule has 0 saturated heterocycles. The fourth-order valence-corrected chi connectivity index (χ4v) is 1.43. The van der Waals surface area contributed by atoms with Crippen LogP contribution in [0.1, 0.15) is 13.3 Å². The van der Waals surface area contributed by atoms with Crippen LogP contribution in [-0.2, 0) is 0 Å². The van der Waals surface area contributed by atoms with Crippen LogP contribution in [0.5, 0.6) is 5.75 Å². The summed E-state index contributed by atoms with van der Waals surface area (Å²) < 4.78 is 4.94. The summed E-state index contributed by atoms with van der Waals surface area (Å²) in [6.45, 7) is 2.13. The highest BCUT2D eigenvalue weighted by Crippen LogP contribution is 2.34. The van der Waals surface area contributed by atoms with Crippen molar-refractivity contribution >= 4 is 11.4 Å². The van der Waals surface area contributed by atoms with Gasteiger partial charge in [-0.1, -0.05) is 6.07 Å². The molecule has 0 spiro atoms. The van der Waals surface area contributed by atoms with Gasteiger partial charge in [-0.3, -0.25) is 10.1 Å². The molecular weight excluding hydrogens is 224 g/mol. The summed E-state index contributed by atoms with van der Waals surface area (Å²) in [6, 6.07) is 4.83. The Morgan fingerprint density at radius 2 is 2.29 bits per heavy atom. The maximum Gasteiger partial charge on any atom is 0.333 e. The second-order valence-corrected chi connectivity index (χ2v) is 3.68. The highest BCUT2D eigenvalue weighted by atomic mass is 16.6. The zero-order valence-corrected chi connectivity index (χ0v) is 9.84. The predicted molar refractivity (Wildman–Crippen MR) is 64.4 cm³/mol. The number of methoxy groups -OCH3 is 1. The molecule has 2 N–H and O–H groups in total. The molecule has 6 nitrogen and oxygen atoms in total. The lowest BCUT2D eigenvalue weighted by Gasteiger charge is -2.10. The second kappa shape index (κ2) is 6.05. The molecular formula is C11H16N2O4. The van der Waals surface area contributed by atoms with Gasteiger partial charge in [0.2, 0.25) is 0 Å². The average Bonchev–Trinajstić information content (AvgIpc) is 2.27. The SMILES string of the molecule is COc1cccc(NCCC(C)O)c1[N+](=O)[O-]. The van der Waals surface area contributed by atoms with Crippen LogP contribution in [0.25, 0.3) is 0 Å². The quantitative estimate of drug-likeness (QED) is 0.585. The molecule has 0 fully saturated rings. The Bertz CT molecular complexity index is 393. The number of aliphatic hydroxyl groups is 1. The molecule has 0 bridgehead atoms. The van der Waals surface area contributed by atoms with E-state index in [0.717, 1.165) is 0 Å². The molecule has 0 aromatic heterocycles. The number of nitrogens with one attached hydrogen (secondary N) is 1. The van der Waals surface area contributed by atoms with Gasteiger partial charge in [-0.25, -0.2) is 0 Å². The summed E-state index contributed by atoms with van der Waals surface area (Å²) in [4.78, 5) is 10.5. The summed E-state index contributed by atoms with van der Waals surface area (Å²) in [5.74, 6) is 0.219. The van der Waals surface area contributed by atoms with E-state index in [-0.39, 0.29) is 11.4 Å². The lowest BCUT2D eigenvalue weighted by molar-refractivity contribution is -0.384. The van der Waals surface area contributed by atoms with Crippen molar-refractivity contribution in [3.63, 3.8) is 0 Å². The van der Waals surface area contributed by atoms with Crippen molar-refractivity contribution in [2.24, 2.45) is 0 Å². The van der Waals surface area contributed by atoms with Crippen LogP contribution in [-0.4, -0.2) is 29.8 Å². The molecule has 1 rings (SSSR count). The molecule has 1 aromatic rings. The minimum absolute atomic E-state index is 0.0828. The molecule has 0 heterocycles. The van der Waals surface area contributed by atoms with E-state index in [1.54, 1.807) is 19.1 Å². The molecule has 0 aliphatic carbocycles. The second-order valence-electron chi connectivity index (χ2n) is 3.68. The normalized spacial score (nSPS) is 11.9. The number of anilines is 1. The van der Waals surface area contributed by atoms with Gasteiger partial charge in [0.1, 0.15) is 5.69 Å². The van der Waals surface area contributed by atoms with Gasteiger partial charge < -0.3 is 15.2 Å². The molecule has 0 amide bonds. The summed E-state index contributed by atoms with van der Waals surface area (Å²) >= 11 is 0. The largest absolute Gasteiger partial charge is 0.490 e. The third-order valence-corrected chi connectivity index (χ3v) is 2.28. The smallest absolute Gasteiger partial charge is 0.333 e. The number of nitro benzene ring substituents is 1. The van der Waals surface area contributed by atoms with E-state index in [1.165, 1.54) is 13.2 Å². The number of hydrogen-bond acceptors (Lipinski definition) is 5. The molecule has 1 unspecified atom stereocenters. The molecule has 0 aliphatic heterocycles. The predicted octanol–water partition coefficient (Wildman–Crippen LogP) is 1.79. The summed E-state index contributed by atoms with van der Waals surface area (Å²) in [6.07, 6.45) is 0.0844. The first-order chi connectivity index (χ1) is 8.06. The monoisotopic (exact) mass is 240 g/mol. The van der Waals surface area contributed by atoms with E-state index in [9.17, 15) is 10.1 Å². The molecule has 1 aromatic carbocycles. The Morgan fingerprint density at radius 3 is 2.82 bits per heavy atom. The molecule has 0 radical (unpaired) electrons. The van der Waals surface area contributed by atoms with E-state index in [4.69, 9.17) is 9.84 Å². The highest BCUT2D eigenvalue weighted by molar-refractivity contribution is 5.68. The zero-order valence-electron chi connectivity index (χ0n) is 9.84. The number of benzene rings is 1. The molecule has 0 saturated carbocycles. The van der Waals surface area contributed by atoms with Crippen molar-refractivity contribution in [2.45, 2.75) is 19.4 Å². The van der Waals surface area contributed by atoms with Crippen LogP contribution >= 0.6 is 0 Å². The van der Waals surface area contributed by atoms with Crippen molar-refractivity contribution in [1.82, 2.24) is 0 Å². The minimum atomic E-state index is -0.483. The first-order valence-corrected chi connectivity index (χ1v) is 5.29. The van der Waals surface area contributed by atoms with E-state index in [2.05, 4.69) is 5.32 Å². The lowest BCUT2D eigenvalue weighted by atomic mass is 10.2. The van der Waals surface area contributed by atoms with Gasteiger partial charge in [0.25, 0.3) is 0 Å². The fraction of sp³-hybridized carbons (Fsp3) is 0.455. The Morgan fingerprint density at radius 1 is 1.59 bits per heavy atom. The third-order valence-electron chi connectivity index (χ3n) is 2.28. The van der Waals surface area contributed by atoms with Gasteiger partial charge in [0, 0.05) is 6.54 Å². The molecule has 17 heavy (non-hydrogen) atoms. The van der Waals surface area contributed by atoms with Crippen molar-refractivity contribution in [1.29, 1.82) is 0 Å². The summed E-state index contributed by atoms with van der Waals surface area (Å²) in [5, 5.41) is 23.0. The zero-order chi connectivity index (χ0) is 12.8. The number of rotatable bonds is 6. The lowest BCUT2D eigenvalue weighted by Crippen LogP contribution is -2.11. The number of aliphatic hydroxyl groups excluding tert-OH is 1. The van der Waals surface area contributed by atoms with Crippen LogP contribution in [0, 0.1) is 10.1 Å². The highest BCUT2D eigenvalue weighted by Gasteiger charge is 2.19. The average molecular weight is 240 g/mol. The van der Waals surface area contributed by atoms with E-state index >= 15 is 0 Å². The Kier molecular flexibility index (Phi) is 4.71. The molecule has 94 valence electrons. The van der Waals surface area contributed by atoms with Crippen molar-refractivity contribution < 1.29 is 14.8 Å². The fourth-order valence-electron chi connectivity index (χ4n) is 1.43. The number of nitro groups is 1. The van der Waals surface area contributed by atoms with Crippen LogP contribution in [0.2, 0.25) is 0 Å². The van der Waals surface area contributed by atoms with Gasteiger partial charge in [-0.2, -0.15) is 0 Å². The van der Waals surface area contributed by atoms with Crippen LogP contribution in [0.3, 0.4) is 0 Å². The van der Waals surface area contributed by atoms with Crippen molar-refractivity contribution in [3.05, 3.63) is 28.3 Å². The van der Waals surface area contributed by atoms with Gasteiger partial charge in [0.05, 0.1) is 18.1 Å². The van der Waals surface area contributed by atoms with Gasteiger partial charge >= 0.3 is 5.69 Å².